The van der Waals surface area contributed by atoms with E-state index in [0.717, 1.165) is 32.9 Å². The highest BCUT2D eigenvalue weighted by molar-refractivity contribution is 7.92. The van der Waals surface area contributed by atoms with Gasteiger partial charge in [0.25, 0.3) is 10.0 Å². The number of fused-ring (bicyclic) bond motifs is 2. The summed E-state index contributed by atoms with van der Waals surface area (Å²) in [5.74, 6) is -0.241. The van der Waals surface area contributed by atoms with E-state index in [4.69, 9.17) is 4.74 Å². The van der Waals surface area contributed by atoms with E-state index in [0.29, 0.717) is 28.2 Å². The first-order valence-electron chi connectivity index (χ1n) is 12.4. The molecule has 0 unspecified atom stereocenters. The Balaban J connectivity index is 1.39. The number of carboxylic acid groups (broad SMARTS) is 1. The van der Waals surface area contributed by atoms with E-state index >= 15 is 0 Å². The number of nitrogens with one attached hydrogen (secondary N) is 1. The third-order valence-corrected chi connectivity index (χ3v) is 8.86. The number of sulfonamides is 1. The lowest BCUT2D eigenvalue weighted by Gasteiger charge is -2.15. The Bertz CT molecular complexity index is 2130. The van der Waals surface area contributed by atoms with Gasteiger partial charge in [0.1, 0.15) is 16.4 Å². The number of hydrogen-bond acceptors (Lipinski definition) is 6. The van der Waals surface area contributed by atoms with E-state index in [9.17, 15) is 23.6 Å². The van der Waals surface area contributed by atoms with Gasteiger partial charge in [-0.05, 0) is 87.6 Å². The average molecular weight is 577 g/mol. The Morgan fingerprint density at radius 2 is 1.54 bits per heavy atom. The van der Waals surface area contributed by atoms with Crippen LogP contribution in [0.3, 0.4) is 0 Å². The van der Waals surface area contributed by atoms with Crippen LogP contribution in [0.15, 0.2) is 113 Å². The second-order valence-corrected chi connectivity index (χ2v) is 11.8. The molecule has 0 aliphatic carbocycles. The van der Waals surface area contributed by atoms with Gasteiger partial charge in [0.15, 0.2) is 0 Å². The molecule has 0 spiro atoms. The van der Waals surface area contributed by atoms with Crippen LogP contribution in [0.25, 0.3) is 32.7 Å². The lowest BCUT2D eigenvalue weighted by molar-refractivity contribution is 0.0703. The maximum atomic E-state index is 13.3. The van der Waals surface area contributed by atoms with Crippen LogP contribution in [0.2, 0.25) is 0 Å². The molecule has 0 amide bonds. The molecule has 6 aromatic rings. The van der Waals surface area contributed by atoms with Crippen molar-refractivity contribution in [2.45, 2.75) is 4.90 Å². The zero-order valence-corrected chi connectivity index (χ0v) is 22.9. The molecule has 41 heavy (non-hydrogen) atoms. The molecule has 0 fully saturated rings. The Morgan fingerprint density at radius 3 is 2.34 bits per heavy atom. The van der Waals surface area contributed by atoms with Gasteiger partial charge in [-0.25, -0.2) is 13.2 Å². The largest absolute Gasteiger partial charge is 0.477 e. The molecule has 9 heteroatoms. The minimum Gasteiger partial charge on any atom is -0.477 e. The van der Waals surface area contributed by atoms with Crippen molar-refractivity contribution in [1.29, 1.82) is 5.26 Å². The summed E-state index contributed by atoms with van der Waals surface area (Å²) in [4.78, 5) is 12.2. The summed E-state index contributed by atoms with van der Waals surface area (Å²) in [5.41, 5.74) is 1.63. The molecule has 0 aliphatic rings. The van der Waals surface area contributed by atoms with Gasteiger partial charge in [-0.2, -0.15) is 5.26 Å². The normalized spacial score (nSPS) is 11.3. The highest BCUT2D eigenvalue weighted by Gasteiger charge is 2.20. The Hall–Kier alpha value is -5.17. The summed E-state index contributed by atoms with van der Waals surface area (Å²) in [7, 11) is -3.95. The average Bonchev–Trinajstić information content (AvgIpc) is 3.48. The molecular formula is C32H20N2O5S2. The number of hydrogen-bond donors (Lipinski definition) is 2. The predicted molar refractivity (Wildman–Crippen MR) is 160 cm³/mol. The minimum absolute atomic E-state index is 0.104. The van der Waals surface area contributed by atoms with Crippen molar-refractivity contribution >= 4 is 54.6 Å². The molecule has 0 radical (unpaired) electrons. The summed E-state index contributed by atoms with van der Waals surface area (Å²) in [6, 6.07) is 31.7. The summed E-state index contributed by atoms with van der Waals surface area (Å²) in [6.07, 6.45) is 0. The third kappa shape index (κ3) is 5.22. The summed E-state index contributed by atoms with van der Waals surface area (Å²) >= 11 is 1.07. The van der Waals surface area contributed by atoms with Crippen LogP contribution < -0.4 is 9.46 Å². The van der Waals surface area contributed by atoms with Gasteiger partial charge in [-0.3, -0.25) is 4.72 Å². The second-order valence-electron chi connectivity index (χ2n) is 9.23. The number of ether oxygens (including phenoxy) is 1. The van der Waals surface area contributed by atoms with Crippen LogP contribution in [0.5, 0.6) is 11.5 Å². The number of nitrogens with zero attached hydrogens (tertiary/aromatic N) is 1. The first-order valence-corrected chi connectivity index (χ1v) is 14.8. The molecule has 2 N–H and O–H groups in total. The fourth-order valence-corrected chi connectivity index (χ4v) is 6.44. The maximum Gasteiger partial charge on any atom is 0.346 e. The van der Waals surface area contributed by atoms with Gasteiger partial charge < -0.3 is 9.84 Å². The van der Waals surface area contributed by atoms with Crippen LogP contribution >= 0.6 is 11.3 Å². The lowest BCUT2D eigenvalue weighted by Crippen LogP contribution is -2.13. The summed E-state index contributed by atoms with van der Waals surface area (Å²) < 4.78 is 35.5. The number of thiophene rings is 1. The van der Waals surface area contributed by atoms with Gasteiger partial charge in [0.2, 0.25) is 0 Å². The van der Waals surface area contributed by atoms with Crippen LogP contribution in [-0.4, -0.2) is 19.5 Å². The lowest BCUT2D eigenvalue weighted by atomic mass is 10.0. The van der Waals surface area contributed by atoms with Gasteiger partial charge in [0, 0.05) is 16.8 Å². The molecule has 0 saturated carbocycles. The van der Waals surface area contributed by atoms with Crippen molar-refractivity contribution in [2.24, 2.45) is 0 Å². The molecule has 1 aromatic heterocycles. The molecule has 200 valence electrons. The number of rotatable bonds is 7. The van der Waals surface area contributed by atoms with E-state index in [1.807, 2.05) is 42.5 Å². The minimum atomic E-state index is -3.95. The third-order valence-electron chi connectivity index (χ3n) is 6.58. The van der Waals surface area contributed by atoms with E-state index in [1.165, 1.54) is 0 Å². The first-order chi connectivity index (χ1) is 19.8. The number of carbonyl (C=O) groups is 1. The van der Waals surface area contributed by atoms with Crippen LogP contribution in [-0.2, 0) is 10.0 Å². The number of carboxylic acids is 1. The van der Waals surface area contributed by atoms with Crippen molar-refractivity contribution in [1.82, 2.24) is 0 Å². The van der Waals surface area contributed by atoms with Crippen molar-refractivity contribution in [2.75, 3.05) is 4.72 Å². The second kappa shape index (κ2) is 10.4. The summed E-state index contributed by atoms with van der Waals surface area (Å²) in [6.45, 7) is 0. The van der Waals surface area contributed by atoms with E-state index in [-0.39, 0.29) is 15.5 Å². The van der Waals surface area contributed by atoms with Crippen LogP contribution in [0.4, 0.5) is 5.69 Å². The van der Waals surface area contributed by atoms with Crippen molar-refractivity contribution < 1.29 is 23.1 Å². The van der Waals surface area contributed by atoms with Gasteiger partial charge in [0.05, 0.1) is 16.5 Å². The Labute approximate surface area is 239 Å². The molecule has 6 rings (SSSR count). The van der Waals surface area contributed by atoms with Gasteiger partial charge in [-0.15, -0.1) is 11.3 Å². The van der Waals surface area contributed by atoms with Crippen LogP contribution in [0, 0.1) is 11.3 Å². The Morgan fingerprint density at radius 1 is 0.805 bits per heavy atom. The van der Waals surface area contributed by atoms with Gasteiger partial charge >= 0.3 is 5.97 Å². The highest BCUT2D eigenvalue weighted by atomic mass is 32.2. The highest BCUT2D eigenvalue weighted by Crippen LogP contribution is 2.40. The van der Waals surface area contributed by atoms with E-state index in [2.05, 4.69) is 10.8 Å². The van der Waals surface area contributed by atoms with Gasteiger partial charge in [-0.1, -0.05) is 42.5 Å². The molecule has 0 atom stereocenters. The zero-order valence-electron chi connectivity index (χ0n) is 21.2. The van der Waals surface area contributed by atoms with Crippen LogP contribution in [0.1, 0.15) is 15.2 Å². The number of anilines is 1. The topological polar surface area (TPSA) is 116 Å². The molecular weight excluding hydrogens is 556 g/mol. The van der Waals surface area contributed by atoms with E-state index < -0.39 is 16.0 Å². The predicted octanol–water partition coefficient (Wildman–Crippen LogP) is 7.88. The molecule has 0 saturated heterocycles. The number of nitriles is 1. The van der Waals surface area contributed by atoms with Crippen molar-refractivity contribution in [3.8, 4) is 28.7 Å². The zero-order chi connectivity index (χ0) is 28.6. The Kier molecular flexibility index (Phi) is 6.63. The number of benzene rings is 5. The molecule has 5 aromatic carbocycles. The number of aromatic carboxylic acids is 1. The van der Waals surface area contributed by atoms with Crippen molar-refractivity contribution in [3.63, 3.8) is 0 Å². The molecule has 0 bridgehead atoms. The fourth-order valence-electron chi connectivity index (χ4n) is 4.61. The quantitative estimate of drug-likeness (QED) is 0.200. The first kappa shape index (κ1) is 26.1. The molecule has 7 nitrogen and oxygen atoms in total. The van der Waals surface area contributed by atoms with Crippen molar-refractivity contribution in [3.05, 3.63) is 119 Å². The molecule has 0 aliphatic heterocycles. The maximum absolute atomic E-state index is 13.3. The monoisotopic (exact) mass is 576 g/mol. The fraction of sp³-hybridized carbons (Fsp3) is 0. The standard InChI is InChI=1S/C32H20N2O5S2/c33-19-20-5-6-24-16-26(10-7-23(24)15-20)39-30-12-9-25(18-29(30)28-13-14-40-31(28)32(35)36)34-41(37,38)27-11-8-21-3-1-2-4-22(21)17-27/h1-18,34H,(H,35,36). The SMILES string of the molecule is N#Cc1ccc2cc(Oc3ccc(NS(=O)(=O)c4ccc5ccccc5c4)cc3-c3ccsc3C(=O)O)ccc2c1. The van der Waals surface area contributed by atoms with E-state index in [1.54, 1.807) is 66.0 Å². The summed E-state index contributed by atoms with van der Waals surface area (Å²) in [5, 5.41) is 24.1. The molecule has 1 heterocycles. The smallest absolute Gasteiger partial charge is 0.346 e.